The van der Waals surface area contributed by atoms with Crippen molar-refractivity contribution in [1.82, 2.24) is 0 Å². The van der Waals surface area contributed by atoms with Crippen LogP contribution in [0.15, 0.2) is 48.5 Å². The fraction of sp³-hybridized carbons (Fsp3) is 0.333. The zero-order chi connectivity index (χ0) is 18.1. The van der Waals surface area contributed by atoms with E-state index < -0.39 is 0 Å². The normalized spacial score (nSPS) is 17.7. The van der Waals surface area contributed by atoms with Gasteiger partial charge in [-0.15, -0.1) is 0 Å². The Labute approximate surface area is 150 Å². The predicted octanol–water partition coefficient (Wildman–Crippen LogP) is 3.39. The molecule has 0 spiro atoms. The molecule has 3 rings (SSSR count). The van der Waals surface area contributed by atoms with Gasteiger partial charge in [-0.3, -0.25) is 0 Å². The highest BCUT2D eigenvalue weighted by Gasteiger charge is 2.51. The Kier molecular flexibility index (Phi) is 4.64. The third-order valence-electron chi connectivity index (χ3n) is 4.88. The molecule has 1 aliphatic rings. The second kappa shape index (κ2) is 6.59. The molecule has 0 aliphatic carbocycles. The molecule has 0 unspecified atom stereocenters. The number of rotatable bonds is 2. The van der Waals surface area contributed by atoms with Gasteiger partial charge in [-0.05, 0) is 69.6 Å². The van der Waals surface area contributed by atoms with Crippen LogP contribution in [-0.2, 0) is 9.31 Å². The Balaban J connectivity index is 1.72. The summed E-state index contributed by atoms with van der Waals surface area (Å²) in [6, 6.07) is 15.7. The minimum atomic E-state index is -0.339. The molecule has 0 saturated carbocycles. The van der Waals surface area contributed by atoms with E-state index in [1.807, 2.05) is 48.5 Å². The standard InChI is InChI=1S/C21H23BO3/c1-20(2)21(3,4)25-22(24-20)18-12-8-16(9-13-18)6-7-17-10-14-19(23-5)15-11-17/h8-15H,1-5H3. The smallest absolute Gasteiger partial charge is 0.494 e. The molecule has 2 aromatic rings. The van der Waals surface area contributed by atoms with E-state index >= 15 is 0 Å². The lowest BCUT2D eigenvalue weighted by atomic mass is 9.79. The van der Waals surface area contributed by atoms with E-state index in [2.05, 4.69) is 39.5 Å². The monoisotopic (exact) mass is 334 g/mol. The van der Waals surface area contributed by atoms with Crippen LogP contribution in [-0.4, -0.2) is 25.4 Å². The average molecular weight is 334 g/mol. The van der Waals surface area contributed by atoms with Crippen LogP contribution < -0.4 is 10.2 Å². The van der Waals surface area contributed by atoms with Gasteiger partial charge >= 0.3 is 7.12 Å². The number of benzene rings is 2. The Morgan fingerprint density at radius 1 is 0.760 bits per heavy atom. The van der Waals surface area contributed by atoms with Gasteiger partial charge in [-0.1, -0.05) is 24.0 Å². The largest absolute Gasteiger partial charge is 0.497 e. The maximum Gasteiger partial charge on any atom is 0.494 e. The molecule has 1 fully saturated rings. The summed E-state index contributed by atoms with van der Waals surface area (Å²) >= 11 is 0. The molecule has 0 aromatic heterocycles. The summed E-state index contributed by atoms with van der Waals surface area (Å²) in [5.74, 6) is 7.17. The molecule has 4 heteroatoms. The van der Waals surface area contributed by atoms with Gasteiger partial charge < -0.3 is 14.0 Å². The molecule has 0 N–H and O–H groups in total. The molecule has 25 heavy (non-hydrogen) atoms. The topological polar surface area (TPSA) is 27.7 Å². The molecule has 128 valence electrons. The Morgan fingerprint density at radius 3 is 1.64 bits per heavy atom. The minimum absolute atomic E-state index is 0.329. The van der Waals surface area contributed by atoms with E-state index in [4.69, 9.17) is 14.0 Å². The van der Waals surface area contributed by atoms with Crippen molar-refractivity contribution in [2.45, 2.75) is 38.9 Å². The van der Waals surface area contributed by atoms with Crippen molar-refractivity contribution in [3.05, 3.63) is 59.7 Å². The highest BCUT2D eigenvalue weighted by Crippen LogP contribution is 2.36. The molecule has 0 bridgehead atoms. The number of hydrogen-bond donors (Lipinski definition) is 0. The van der Waals surface area contributed by atoms with Crippen LogP contribution >= 0.6 is 0 Å². The number of ether oxygens (including phenoxy) is 1. The second-order valence-corrected chi connectivity index (χ2v) is 7.19. The summed E-state index contributed by atoms with van der Waals surface area (Å²) < 4.78 is 17.3. The Bertz CT molecular complexity index is 780. The van der Waals surface area contributed by atoms with Crippen molar-refractivity contribution in [3.63, 3.8) is 0 Å². The van der Waals surface area contributed by atoms with E-state index in [0.29, 0.717) is 0 Å². The number of methoxy groups -OCH3 is 1. The lowest BCUT2D eigenvalue weighted by Crippen LogP contribution is -2.41. The van der Waals surface area contributed by atoms with Crippen LogP contribution in [0.1, 0.15) is 38.8 Å². The summed E-state index contributed by atoms with van der Waals surface area (Å²) in [6.07, 6.45) is 0. The first-order valence-electron chi connectivity index (χ1n) is 8.42. The SMILES string of the molecule is COc1ccc(C#Cc2ccc(B3OC(C)(C)C(C)(C)O3)cc2)cc1. The second-order valence-electron chi connectivity index (χ2n) is 7.19. The van der Waals surface area contributed by atoms with E-state index in [0.717, 1.165) is 22.3 Å². The average Bonchev–Trinajstić information content (AvgIpc) is 2.82. The lowest BCUT2D eigenvalue weighted by molar-refractivity contribution is 0.00578. The van der Waals surface area contributed by atoms with Gasteiger partial charge in [-0.25, -0.2) is 0 Å². The summed E-state index contributed by atoms with van der Waals surface area (Å²) in [5.41, 5.74) is 2.26. The maximum absolute atomic E-state index is 6.07. The van der Waals surface area contributed by atoms with Crippen LogP contribution in [0.3, 0.4) is 0 Å². The first-order chi connectivity index (χ1) is 11.8. The molecule has 3 nitrogen and oxygen atoms in total. The van der Waals surface area contributed by atoms with Crippen LogP contribution in [0.4, 0.5) is 0 Å². The van der Waals surface area contributed by atoms with Crippen LogP contribution in [0.2, 0.25) is 0 Å². The minimum Gasteiger partial charge on any atom is -0.497 e. The molecule has 1 heterocycles. The third-order valence-corrected chi connectivity index (χ3v) is 4.88. The molecule has 0 amide bonds. The zero-order valence-electron chi connectivity index (χ0n) is 15.4. The molecule has 2 aromatic carbocycles. The summed E-state index contributed by atoms with van der Waals surface area (Å²) in [7, 11) is 1.32. The third kappa shape index (κ3) is 3.73. The highest BCUT2D eigenvalue weighted by molar-refractivity contribution is 6.62. The van der Waals surface area contributed by atoms with Crippen molar-refractivity contribution in [3.8, 4) is 17.6 Å². The van der Waals surface area contributed by atoms with Crippen LogP contribution in [0.5, 0.6) is 5.75 Å². The molecular weight excluding hydrogens is 311 g/mol. The fourth-order valence-corrected chi connectivity index (χ4v) is 2.52. The number of hydrogen-bond acceptors (Lipinski definition) is 3. The molecule has 0 radical (unpaired) electrons. The lowest BCUT2D eigenvalue weighted by Gasteiger charge is -2.32. The van der Waals surface area contributed by atoms with Crippen LogP contribution in [0, 0.1) is 11.8 Å². The van der Waals surface area contributed by atoms with E-state index in [1.165, 1.54) is 0 Å². The Morgan fingerprint density at radius 2 is 1.20 bits per heavy atom. The van der Waals surface area contributed by atoms with E-state index in [1.54, 1.807) is 7.11 Å². The predicted molar refractivity (Wildman–Crippen MR) is 101 cm³/mol. The van der Waals surface area contributed by atoms with Crippen molar-refractivity contribution < 1.29 is 14.0 Å². The maximum atomic E-state index is 6.07. The van der Waals surface area contributed by atoms with Gasteiger partial charge in [0.05, 0.1) is 18.3 Å². The van der Waals surface area contributed by atoms with Crippen LogP contribution in [0.25, 0.3) is 0 Å². The fourth-order valence-electron chi connectivity index (χ4n) is 2.52. The Hall–Kier alpha value is -2.22. The first kappa shape index (κ1) is 17.6. The molecule has 0 atom stereocenters. The highest BCUT2D eigenvalue weighted by atomic mass is 16.7. The van der Waals surface area contributed by atoms with Crippen molar-refractivity contribution in [2.24, 2.45) is 0 Å². The molecule has 1 aliphatic heterocycles. The summed E-state index contributed by atoms with van der Waals surface area (Å²) in [6.45, 7) is 8.23. The van der Waals surface area contributed by atoms with Crippen molar-refractivity contribution >= 4 is 12.6 Å². The van der Waals surface area contributed by atoms with Gasteiger partial charge in [0.25, 0.3) is 0 Å². The first-order valence-corrected chi connectivity index (χ1v) is 8.42. The van der Waals surface area contributed by atoms with Gasteiger partial charge in [0.2, 0.25) is 0 Å². The zero-order valence-corrected chi connectivity index (χ0v) is 15.4. The van der Waals surface area contributed by atoms with Gasteiger partial charge in [0, 0.05) is 11.1 Å². The van der Waals surface area contributed by atoms with Gasteiger partial charge in [0.1, 0.15) is 5.75 Å². The summed E-state index contributed by atoms with van der Waals surface area (Å²) in [5, 5.41) is 0. The summed E-state index contributed by atoms with van der Waals surface area (Å²) in [4.78, 5) is 0. The van der Waals surface area contributed by atoms with E-state index in [9.17, 15) is 0 Å². The molecule has 1 saturated heterocycles. The van der Waals surface area contributed by atoms with Crippen molar-refractivity contribution in [2.75, 3.05) is 7.11 Å². The van der Waals surface area contributed by atoms with Gasteiger partial charge in [-0.2, -0.15) is 0 Å². The van der Waals surface area contributed by atoms with Crippen molar-refractivity contribution in [1.29, 1.82) is 0 Å². The quantitative estimate of drug-likeness (QED) is 0.622. The van der Waals surface area contributed by atoms with Gasteiger partial charge in [0.15, 0.2) is 0 Å². The molecular formula is C21H23BO3. The van der Waals surface area contributed by atoms with E-state index in [-0.39, 0.29) is 18.3 Å².